The summed E-state index contributed by atoms with van der Waals surface area (Å²) in [4.78, 5) is 11.0. The third kappa shape index (κ3) is 4.16. The molecule has 80 valence electrons. The highest BCUT2D eigenvalue weighted by molar-refractivity contribution is 9.10. The lowest BCUT2D eigenvalue weighted by atomic mass is 10.3. The smallest absolute Gasteiger partial charge is 0.335 e. The fourth-order valence-electron chi connectivity index (χ4n) is 0.805. The summed E-state index contributed by atoms with van der Waals surface area (Å²) in [5.74, 6) is 0.194. The Hall–Kier alpha value is -1.29. The second-order valence-electron chi connectivity index (χ2n) is 2.93. The van der Waals surface area contributed by atoms with Gasteiger partial charge < -0.3 is 9.47 Å². The van der Waals surface area contributed by atoms with E-state index in [0.717, 1.165) is 4.47 Å². The van der Waals surface area contributed by atoms with E-state index in [2.05, 4.69) is 22.5 Å². The zero-order valence-corrected chi connectivity index (χ0v) is 9.91. The fraction of sp³-hybridized carbons (Fsp3) is 0.182. The Bertz CT molecular complexity index is 357. The zero-order valence-electron chi connectivity index (χ0n) is 8.33. The molecule has 0 saturated heterocycles. The molecule has 0 aliphatic heterocycles. The van der Waals surface area contributed by atoms with Crippen molar-refractivity contribution in [1.29, 1.82) is 0 Å². The Morgan fingerprint density at radius 3 is 2.53 bits per heavy atom. The van der Waals surface area contributed by atoms with Crippen LogP contribution in [0.2, 0.25) is 0 Å². The SMILES string of the molecule is C=C(C)C(=O)OCOc1ccc(Br)cc1. The molecule has 1 aromatic rings. The molecule has 0 atom stereocenters. The molecule has 0 amide bonds. The van der Waals surface area contributed by atoms with Gasteiger partial charge >= 0.3 is 5.97 Å². The van der Waals surface area contributed by atoms with Gasteiger partial charge in [0, 0.05) is 10.0 Å². The topological polar surface area (TPSA) is 35.5 Å². The summed E-state index contributed by atoms with van der Waals surface area (Å²) in [6.07, 6.45) is 0. The van der Waals surface area contributed by atoms with Crippen LogP contribution >= 0.6 is 15.9 Å². The molecule has 15 heavy (non-hydrogen) atoms. The maximum absolute atomic E-state index is 11.0. The number of halogens is 1. The molecule has 0 aliphatic carbocycles. The van der Waals surface area contributed by atoms with E-state index in [9.17, 15) is 4.79 Å². The number of rotatable bonds is 4. The number of carbonyl (C=O) groups is 1. The number of hydrogen-bond donors (Lipinski definition) is 0. The van der Waals surface area contributed by atoms with E-state index in [1.165, 1.54) is 0 Å². The highest BCUT2D eigenvalue weighted by Crippen LogP contribution is 2.15. The molecule has 0 spiro atoms. The van der Waals surface area contributed by atoms with Crippen molar-refractivity contribution < 1.29 is 14.3 Å². The summed E-state index contributed by atoms with van der Waals surface area (Å²) in [7, 11) is 0. The summed E-state index contributed by atoms with van der Waals surface area (Å²) in [6, 6.07) is 7.24. The van der Waals surface area contributed by atoms with Gasteiger partial charge in [-0.15, -0.1) is 0 Å². The fourth-order valence-corrected chi connectivity index (χ4v) is 1.07. The van der Waals surface area contributed by atoms with Crippen LogP contribution in [0.5, 0.6) is 5.75 Å². The van der Waals surface area contributed by atoms with Crippen molar-refractivity contribution in [2.75, 3.05) is 6.79 Å². The van der Waals surface area contributed by atoms with Crippen LogP contribution in [-0.4, -0.2) is 12.8 Å². The molecule has 0 fully saturated rings. The van der Waals surface area contributed by atoms with Crippen molar-refractivity contribution in [2.45, 2.75) is 6.92 Å². The third-order valence-corrected chi connectivity index (χ3v) is 2.11. The minimum atomic E-state index is -0.452. The van der Waals surface area contributed by atoms with E-state index >= 15 is 0 Å². The van der Waals surface area contributed by atoms with Gasteiger partial charge in [-0.2, -0.15) is 0 Å². The molecule has 0 radical (unpaired) electrons. The molecular formula is C11H11BrO3. The molecule has 0 N–H and O–H groups in total. The van der Waals surface area contributed by atoms with Crippen LogP contribution in [0.4, 0.5) is 0 Å². The first-order chi connectivity index (χ1) is 7.09. The lowest BCUT2D eigenvalue weighted by molar-refractivity contribution is -0.145. The standard InChI is InChI=1S/C11H11BrO3/c1-8(2)11(13)15-7-14-10-5-3-9(12)4-6-10/h3-6H,1,7H2,2H3. The molecule has 0 heterocycles. The van der Waals surface area contributed by atoms with Gasteiger partial charge in [0.15, 0.2) is 0 Å². The van der Waals surface area contributed by atoms with Gasteiger partial charge in [-0.05, 0) is 31.2 Å². The average molecular weight is 271 g/mol. The van der Waals surface area contributed by atoms with Gasteiger partial charge in [0.25, 0.3) is 0 Å². The minimum absolute atomic E-state index is 0.104. The molecule has 0 saturated carbocycles. The Kier molecular flexibility index (Phi) is 4.37. The van der Waals surface area contributed by atoms with Gasteiger partial charge in [-0.1, -0.05) is 22.5 Å². The number of esters is 1. The van der Waals surface area contributed by atoms with Crippen LogP contribution in [0, 0.1) is 0 Å². The first kappa shape index (κ1) is 11.8. The molecular weight excluding hydrogens is 260 g/mol. The van der Waals surface area contributed by atoms with Crippen molar-refractivity contribution in [3.05, 3.63) is 40.9 Å². The van der Waals surface area contributed by atoms with Crippen LogP contribution < -0.4 is 4.74 Å². The predicted molar refractivity (Wildman–Crippen MR) is 60.5 cm³/mol. The number of ether oxygens (including phenoxy) is 2. The second-order valence-corrected chi connectivity index (χ2v) is 3.84. The maximum atomic E-state index is 11.0. The van der Waals surface area contributed by atoms with Crippen molar-refractivity contribution in [3.8, 4) is 5.75 Å². The van der Waals surface area contributed by atoms with Crippen LogP contribution in [-0.2, 0) is 9.53 Å². The van der Waals surface area contributed by atoms with Crippen LogP contribution in [0.3, 0.4) is 0 Å². The Morgan fingerprint density at radius 1 is 1.40 bits per heavy atom. The first-order valence-corrected chi connectivity index (χ1v) is 5.10. The molecule has 0 aliphatic rings. The summed E-state index contributed by atoms with van der Waals surface area (Å²) < 4.78 is 10.9. The zero-order chi connectivity index (χ0) is 11.3. The molecule has 0 bridgehead atoms. The highest BCUT2D eigenvalue weighted by Gasteiger charge is 2.02. The lowest BCUT2D eigenvalue weighted by Gasteiger charge is -2.06. The number of carbonyl (C=O) groups excluding carboxylic acids is 1. The normalized spacial score (nSPS) is 9.47. The molecule has 4 heteroatoms. The largest absolute Gasteiger partial charge is 0.457 e. The summed E-state index contributed by atoms with van der Waals surface area (Å²) in [6.45, 7) is 4.94. The second kappa shape index (κ2) is 5.56. The monoisotopic (exact) mass is 270 g/mol. The first-order valence-electron chi connectivity index (χ1n) is 4.30. The van der Waals surface area contributed by atoms with Gasteiger partial charge in [-0.25, -0.2) is 4.79 Å². The van der Waals surface area contributed by atoms with Gasteiger partial charge in [-0.3, -0.25) is 0 Å². The number of hydrogen-bond acceptors (Lipinski definition) is 3. The Labute approximate surface area is 96.8 Å². The van der Waals surface area contributed by atoms with E-state index in [1.807, 2.05) is 12.1 Å². The molecule has 0 unspecified atom stereocenters. The highest BCUT2D eigenvalue weighted by atomic mass is 79.9. The quantitative estimate of drug-likeness (QED) is 0.480. The summed E-state index contributed by atoms with van der Waals surface area (Å²) in [5.41, 5.74) is 0.356. The van der Waals surface area contributed by atoms with E-state index in [1.54, 1.807) is 19.1 Å². The lowest BCUT2D eigenvalue weighted by Crippen LogP contribution is -2.10. The van der Waals surface area contributed by atoms with E-state index < -0.39 is 5.97 Å². The van der Waals surface area contributed by atoms with Crippen molar-refractivity contribution in [1.82, 2.24) is 0 Å². The van der Waals surface area contributed by atoms with Gasteiger partial charge in [0.05, 0.1) is 0 Å². The average Bonchev–Trinajstić information content (AvgIpc) is 2.20. The van der Waals surface area contributed by atoms with Crippen molar-refractivity contribution in [2.24, 2.45) is 0 Å². The molecule has 1 rings (SSSR count). The summed E-state index contributed by atoms with van der Waals surface area (Å²) in [5, 5.41) is 0. The van der Waals surface area contributed by atoms with Crippen molar-refractivity contribution >= 4 is 21.9 Å². The van der Waals surface area contributed by atoms with E-state index in [4.69, 9.17) is 9.47 Å². The minimum Gasteiger partial charge on any atom is -0.457 e. The van der Waals surface area contributed by atoms with Gasteiger partial charge in [0.1, 0.15) is 5.75 Å². The summed E-state index contributed by atoms with van der Waals surface area (Å²) >= 11 is 3.30. The van der Waals surface area contributed by atoms with Crippen molar-refractivity contribution in [3.63, 3.8) is 0 Å². The maximum Gasteiger partial charge on any atom is 0.335 e. The van der Waals surface area contributed by atoms with Gasteiger partial charge in [0.2, 0.25) is 6.79 Å². The molecule has 0 aromatic heterocycles. The van der Waals surface area contributed by atoms with E-state index in [-0.39, 0.29) is 6.79 Å². The third-order valence-electron chi connectivity index (χ3n) is 1.58. The number of benzene rings is 1. The van der Waals surface area contributed by atoms with E-state index in [0.29, 0.717) is 11.3 Å². The van der Waals surface area contributed by atoms with Crippen LogP contribution in [0.1, 0.15) is 6.92 Å². The molecule has 3 nitrogen and oxygen atoms in total. The Balaban J connectivity index is 2.35. The van der Waals surface area contributed by atoms with Crippen LogP contribution in [0.15, 0.2) is 40.9 Å². The predicted octanol–water partition coefficient (Wildman–Crippen LogP) is 2.90. The Morgan fingerprint density at radius 2 is 2.00 bits per heavy atom. The molecule has 1 aromatic carbocycles. The van der Waals surface area contributed by atoms with Crippen LogP contribution in [0.25, 0.3) is 0 Å².